The SMILES string of the molecule is COC(=O)c1cncc(CC2CCN(C(=O)c3cc(-c4ccccc4)nn3C)C2)c1. The van der Waals surface area contributed by atoms with Crippen molar-refractivity contribution in [1.82, 2.24) is 19.7 Å². The number of carbonyl (C=O) groups excluding carboxylic acids is 2. The van der Waals surface area contributed by atoms with Gasteiger partial charge in [-0.3, -0.25) is 14.5 Å². The minimum atomic E-state index is -0.391. The van der Waals surface area contributed by atoms with E-state index < -0.39 is 5.97 Å². The van der Waals surface area contributed by atoms with Gasteiger partial charge in [0, 0.05) is 38.1 Å². The molecule has 1 aliphatic rings. The molecule has 3 heterocycles. The Labute approximate surface area is 175 Å². The normalized spacial score (nSPS) is 15.9. The number of amides is 1. The minimum absolute atomic E-state index is 0.00359. The summed E-state index contributed by atoms with van der Waals surface area (Å²) in [7, 11) is 3.16. The van der Waals surface area contributed by atoms with Gasteiger partial charge in [0.05, 0.1) is 18.4 Å². The quantitative estimate of drug-likeness (QED) is 0.611. The highest BCUT2D eigenvalue weighted by Gasteiger charge is 2.29. The molecule has 1 amide bonds. The summed E-state index contributed by atoms with van der Waals surface area (Å²) in [5, 5.41) is 4.51. The van der Waals surface area contributed by atoms with Crippen LogP contribution < -0.4 is 0 Å². The maximum absolute atomic E-state index is 13.1. The predicted octanol–water partition coefficient (Wildman–Crippen LogP) is 2.97. The molecule has 30 heavy (non-hydrogen) atoms. The summed E-state index contributed by atoms with van der Waals surface area (Å²) in [6.07, 6.45) is 4.95. The zero-order valence-corrected chi connectivity index (χ0v) is 17.1. The van der Waals surface area contributed by atoms with Crippen LogP contribution in [0, 0.1) is 5.92 Å². The summed E-state index contributed by atoms with van der Waals surface area (Å²) in [5.41, 5.74) is 3.80. The lowest BCUT2D eigenvalue weighted by Gasteiger charge is -2.16. The van der Waals surface area contributed by atoms with Gasteiger partial charge in [-0.05, 0) is 36.5 Å². The maximum Gasteiger partial charge on any atom is 0.339 e. The second-order valence-corrected chi connectivity index (χ2v) is 7.59. The molecule has 4 rings (SSSR count). The molecule has 1 aliphatic heterocycles. The van der Waals surface area contributed by atoms with E-state index in [4.69, 9.17) is 4.74 Å². The minimum Gasteiger partial charge on any atom is -0.465 e. The summed E-state index contributed by atoms with van der Waals surface area (Å²) in [5.74, 6) is -0.0698. The average Bonchev–Trinajstić information content (AvgIpc) is 3.40. The molecule has 1 aromatic carbocycles. The molecule has 0 N–H and O–H groups in total. The zero-order valence-electron chi connectivity index (χ0n) is 17.1. The van der Waals surface area contributed by atoms with E-state index >= 15 is 0 Å². The van der Waals surface area contributed by atoms with Gasteiger partial charge in [0.15, 0.2) is 0 Å². The van der Waals surface area contributed by atoms with Crippen LogP contribution in [0.1, 0.15) is 32.8 Å². The first-order chi connectivity index (χ1) is 14.5. The van der Waals surface area contributed by atoms with Gasteiger partial charge >= 0.3 is 5.97 Å². The molecule has 7 heteroatoms. The van der Waals surface area contributed by atoms with Crippen molar-refractivity contribution >= 4 is 11.9 Å². The number of esters is 1. The number of likely N-dealkylation sites (tertiary alicyclic amines) is 1. The number of nitrogens with zero attached hydrogens (tertiary/aromatic N) is 4. The number of ether oxygens (including phenoxy) is 1. The number of hydrogen-bond acceptors (Lipinski definition) is 5. The van der Waals surface area contributed by atoms with E-state index in [1.165, 1.54) is 13.3 Å². The first kappa shape index (κ1) is 19.8. The van der Waals surface area contributed by atoms with E-state index in [1.54, 1.807) is 17.9 Å². The molecule has 0 spiro atoms. The second-order valence-electron chi connectivity index (χ2n) is 7.59. The summed E-state index contributed by atoms with van der Waals surface area (Å²) in [6.45, 7) is 1.38. The van der Waals surface area contributed by atoms with Gasteiger partial charge in [-0.2, -0.15) is 5.10 Å². The van der Waals surface area contributed by atoms with Crippen LogP contribution in [-0.2, 0) is 18.2 Å². The first-order valence-electron chi connectivity index (χ1n) is 9.96. The van der Waals surface area contributed by atoms with Crippen molar-refractivity contribution in [3.63, 3.8) is 0 Å². The second kappa shape index (κ2) is 8.49. The summed E-state index contributed by atoms with van der Waals surface area (Å²) in [4.78, 5) is 30.8. The molecule has 1 saturated heterocycles. The molecule has 0 saturated carbocycles. The van der Waals surface area contributed by atoms with Crippen molar-refractivity contribution in [1.29, 1.82) is 0 Å². The third-order valence-electron chi connectivity index (χ3n) is 5.48. The molecule has 3 aromatic rings. The molecule has 0 aliphatic carbocycles. The standard InChI is InChI=1S/C23H24N4O3/c1-26-21(12-20(25-26)18-6-4-3-5-7-18)22(28)27-9-8-16(15-27)10-17-11-19(14-24-13-17)23(29)30-2/h3-7,11-14,16H,8-10,15H2,1-2H3. The van der Waals surface area contributed by atoms with Gasteiger partial charge < -0.3 is 9.64 Å². The molecule has 1 unspecified atom stereocenters. The monoisotopic (exact) mass is 404 g/mol. The van der Waals surface area contributed by atoms with Crippen LogP contribution in [0.4, 0.5) is 0 Å². The number of benzene rings is 1. The molecule has 7 nitrogen and oxygen atoms in total. The first-order valence-corrected chi connectivity index (χ1v) is 9.96. The van der Waals surface area contributed by atoms with Gasteiger partial charge in [0.2, 0.25) is 0 Å². The molecule has 1 fully saturated rings. The largest absolute Gasteiger partial charge is 0.465 e. The third kappa shape index (κ3) is 4.10. The number of aromatic nitrogens is 3. The number of carbonyl (C=O) groups is 2. The Morgan fingerprint density at radius 2 is 1.97 bits per heavy atom. The van der Waals surface area contributed by atoms with E-state index in [0.717, 1.165) is 29.7 Å². The van der Waals surface area contributed by atoms with Gasteiger partial charge in [-0.1, -0.05) is 30.3 Å². The van der Waals surface area contributed by atoms with Crippen LogP contribution >= 0.6 is 0 Å². The van der Waals surface area contributed by atoms with Gasteiger partial charge in [0.25, 0.3) is 5.91 Å². The average molecular weight is 404 g/mol. The molecule has 0 radical (unpaired) electrons. The Morgan fingerprint density at radius 1 is 1.17 bits per heavy atom. The Balaban J connectivity index is 1.43. The highest BCUT2D eigenvalue weighted by atomic mass is 16.5. The molecule has 0 bridgehead atoms. The van der Waals surface area contributed by atoms with Crippen molar-refractivity contribution in [2.24, 2.45) is 13.0 Å². The molecule has 154 valence electrons. The number of aryl methyl sites for hydroxylation is 1. The topological polar surface area (TPSA) is 77.3 Å². The van der Waals surface area contributed by atoms with E-state index in [-0.39, 0.29) is 5.91 Å². The molecular weight excluding hydrogens is 380 g/mol. The van der Waals surface area contributed by atoms with E-state index in [1.807, 2.05) is 47.4 Å². The zero-order chi connectivity index (χ0) is 21.1. The lowest BCUT2D eigenvalue weighted by atomic mass is 9.99. The van der Waals surface area contributed by atoms with Crippen LogP contribution in [0.15, 0.2) is 54.9 Å². The number of hydrogen-bond donors (Lipinski definition) is 0. The number of pyridine rings is 1. The van der Waals surface area contributed by atoms with Crippen LogP contribution in [0.3, 0.4) is 0 Å². The van der Waals surface area contributed by atoms with Crippen LogP contribution in [-0.4, -0.2) is 51.7 Å². The maximum atomic E-state index is 13.1. The van der Waals surface area contributed by atoms with E-state index in [9.17, 15) is 9.59 Å². The Bertz CT molecular complexity index is 1060. The summed E-state index contributed by atoms with van der Waals surface area (Å²) in [6, 6.07) is 13.5. The molecular formula is C23H24N4O3. The van der Waals surface area contributed by atoms with E-state index in [2.05, 4.69) is 10.1 Å². The highest BCUT2D eigenvalue weighted by molar-refractivity contribution is 5.94. The van der Waals surface area contributed by atoms with Crippen molar-refractivity contribution in [3.05, 3.63) is 71.7 Å². The molecule has 1 atom stereocenters. The van der Waals surface area contributed by atoms with Crippen LogP contribution in [0.2, 0.25) is 0 Å². The highest BCUT2D eigenvalue weighted by Crippen LogP contribution is 2.24. The Morgan fingerprint density at radius 3 is 2.73 bits per heavy atom. The predicted molar refractivity (Wildman–Crippen MR) is 112 cm³/mol. The fourth-order valence-electron chi connectivity index (χ4n) is 3.93. The van der Waals surface area contributed by atoms with Gasteiger partial charge in [-0.25, -0.2) is 4.79 Å². The van der Waals surface area contributed by atoms with Crippen LogP contribution in [0.25, 0.3) is 11.3 Å². The summed E-state index contributed by atoms with van der Waals surface area (Å²) >= 11 is 0. The Hall–Kier alpha value is -3.48. The Kier molecular flexibility index (Phi) is 5.61. The van der Waals surface area contributed by atoms with Crippen molar-refractivity contribution < 1.29 is 14.3 Å². The molecule has 2 aromatic heterocycles. The van der Waals surface area contributed by atoms with Gasteiger partial charge in [0.1, 0.15) is 5.69 Å². The lowest BCUT2D eigenvalue weighted by molar-refractivity contribution is 0.0600. The summed E-state index contributed by atoms with van der Waals surface area (Å²) < 4.78 is 6.42. The van der Waals surface area contributed by atoms with Crippen molar-refractivity contribution in [3.8, 4) is 11.3 Å². The van der Waals surface area contributed by atoms with Crippen LogP contribution in [0.5, 0.6) is 0 Å². The van der Waals surface area contributed by atoms with Crippen molar-refractivity contribution in [2.45, 2.75) is 12.8 Å². The number of rotatable bonds is 5. The third-order valence-corrected chi connectivity index (χ3v) is 5.48. The number of methoxy groups -OCH3 is 1. The smallest absolute Gasteiger partial charge is 0.339 e. The van der Waals surface area contributed by atoms with Gasteiger partial charge in [-0.15, -0.1) is 0 Å². The van der Waals surface area contributed by atoms with Crippen molar-refractivity contribution in [2.75, 3.05) is 20.2 Å². The lowest BCUT2D eigenvalue weighted by Crippen LogP contribution is -2.30. The van der Waals surface area contributed by atoms with E-state index in [0.29, 0.717) is 30.3 Å². The fourth-order valence-corrected chi connectivity index (χ4v) is 3.93. The fraction of sp³-hybridized carbons (Fsp3) is 0.304.